The average Bonchev–Trinajstić information content (AvgIpc) is 3.29. The molecule has 1 unspecified atom stereocenters. The molecule has 3 aliphatic carbocycles. The highest BCUT2D eigenvalue weighted by atomic mass is 16.3. The van der Waals surface area contributed by atoms with E-state index < -0.39 is 16.2 Å². The Hall–Kier alpha value is -3.73. The monoisotopic (exact) mass is 550 g/mol. The zero-order valence-corrected chi connectivity index (χ0v) is 25.2. The Morgan fingerprint density at radius 1 is 1.02 bits per heavy atom. The van der Waals surface area contributed by atoms with Gasteiger partial charge in [0.1, 0.15) is 17.1 Å². The summed E-state index contributed by atoms with van der Waals surface area (Å²) < 4.78 is 6.14. The fourth-order valence-electron chi connectivity index (χ4n) is 8.64. The summed E-state index contributed by atoms with van der Waals surface area (Å²) in [7, 11) is 0. The van der Waals surface area contributed by atoms with E-state index in [1.165, 1.54) is 6.92 Å². The van der Waals surface area contributed by atoms with Crippen LogP contribution in [0.1, 0.15) is 95.6 Å². The van der Waals surface area contributed by atoms with E-state index in [9.17, 15) is 19.5 Å². The van der Waals surface area contributed by atoms with E-state index in [1.807, 2.05) is 57.2 Å². The molecule has 0 bridgehead atoms. The van der Waals surface area contributed by atoms with Crippen LogP contribution in [0.25, 0.3) is 22.3 Å². The molecule has 5 nitrogen and oxygen atoms in total. The molecule has 3 aromatic rings. The van der Waals surface area contributed by atoms with Crippen LogP contribution in [0.15, 0.2) is 63.1 Å². The molecule has 0 fully saturated rings. The summed E-state index contributed by atoms with van der Waals surface area (Å²) in [5.74, 6) is -0.0983. The lowest BCUT2D eigenvalue weighted by Gasteiger charge is -2.59. The Kier molecular flexibility index (Phi) is 5.78. The van der Waals surface area contributed by atoms with Crippen molar-refractivity contribution < 1.29 is 23.9 Å². The molecule has 0 aliphatic heterocycles. The lowest BCUT2D eigenvalue weighted by molar-refractivity contribution is -0.134. The highest BCUT2D eigenvalue weighted by Gasteiger charge is 2.63. The SMILES string of the molecule is CC(=O)C1=C(C)C[C@@]2(C)C[C@@]3(C)Cc4c(C(C)C)cc(-c5cc6ccccc6o5)c(O)c4C(=O)C3=C(C)C2(C)C1=O. The third-order valence-electron chi connectivity index (χ3n) is 10.6. The van der Waals surface area contributed by atoms with Crippen LogP contribution in [-0.2, 0) is 16.0 Å². The van der Waals surface area contributed by atoms with Crippen molar-refractivity contribution in [2.75, 3.05) is 0 Å². The first-order valence-corrected chi connectivity index (χ1v) is 14.5. The van der Waals surface area contributed by atoms with Crippen LogP contribution in [0.5, 0.6) is 5.75 Å². The van der Waals surface area contributed by atoms with Crippen molar-refractivity contribution in [1.82, 2.24) is 0 Å². The zero-order chi connectivity index (χ0) is 29.8. The third-order valence-corrected chi connectivity index (χ3v) is 10.6. The largest absolute Gasteiger partial charge is 0.506 e. The number of benzene rings is 2. The number of phenolic OH excluding ortho intramolecular Hbond substituents is 1. The molecule has 5 heteroatoms. The summed E-state index contributed by atoms with van der Waals surface area (Å²) in [5, 5.41) is 12.7. The summed E-state index contributed by atoms with van der Waals surface area (Å²) in [4.78, 5) is 41.4. The number of rotatable bonds is 3. The number of phenols is 1. The second-order valence-corrected chi connectivity index (χ2v) is 13.7. The molecule has 6 rings (SSSR count). The van der Waals surface area contributed by atoms with Crippen LogP contribution < -0.4 is 0 Å². The first-order chi connectivity index (χ1) is 19.1. The molecule has 3 aliphatic rings. The van der Waals surface area contributed by atoms with Crippen molar-refractivity contribution in [1.29, 1.82) is 0 Å². The van der Waals surface area contributed by atoms with Crippen molar-refractivity contribution in [2.45, 2.75) is 80.6 Å². The van der Waals surface area contributed by atoms with Gasteiger partial charge in [-0.1, -0.05) is 57.0 Å². The van der Waals surface area contributed by atoms with Crippen LogP contribution in [0.3, 0.4) is 0 Å². The third kappa shape index (κ3) is 3.50. The number of Topliss-reactive ketones (excluding diaryl/α,β-unsaturated/α-hetero) is 3. The number of carbonyl (C=O) groups is 3. The molecule has 0 radical (unpaired) electrons. The van der Waals surface area contributed by atoms with Gasteiger partial charge in [-0.3, -0.25) is 14.4 Å². The number of para-hydroxylation sites is 1. The van der Waals surface area contributed by atoms with Crippen molar-refractivity contribution in [3.8, 4) is 17.1 Å². The summed E-state index contributed by atoms with van der Waals surface area (Å²) in [5.41, 5.74) is 3.88. The predicted octanol–water partition coefficient (Wildman–Crippen LogP) is 8.29. The number of aromatic hydroxyl groups is 1. The molecule has 2 aromatic carbocycles. The molecule has 0 amide bonds. The normalized spacial score (nSPS) is 27.8. The van der Waals surface area contributed by atoms with Crippen molar-refractivity contribution >= 4 is 28.3 Å². The van der Waals surface area contributed by atoms with Crippen molar-refractivity contribution in [2.24, 2.45) is 16.2 Å². The maximum atomic E-state index is 14.7. The molecule has 0 saturated carbocycles. The molecule has 41 heavy (non-hydrogen) atoms. The molecular weight excluding hydrogens is 512 g/mol. The van der Waals surface area contributed by atoms with Gasteiger partial charge in [0, 0.05) is 16.4 Å². The van der Waals surface area contributed by atoms with E-state index in [-0.39, 0.29) is 34.6 Å². The number of ketones is 3. The number of hydrogen-bond acceptors (Lipinski definition) is 5. The van der Waals surface area contributed by atoms with E-state index in [0.717, 1.165) is 27.7 Å². The Morgan fingerprint density at radius 3 is 2.34 bits per heavy atom. The number of furan rings is 1. The molecule has 1 aromatic heterocycles. The van der Waals surface area contributed by atoms with Gasteiger partial charge in [0.25, 0.3) is 0 Å². The van der Waals surface area contributed by atoms with Gasteiger partial charge >= 0.3 is 0 Å². The Balaban J connectivity index is 1.61. The average molecular weight is 551 g/mol. The first-order valence-electron chi connectivity index (χ1n) is 14.5. The smallest absolute Gasteiger partial charge is 0.193 e. The number of carbonyl (C=O) groups excluding carboxylic acids is 3. The van der Waals surface area contributed by atoms with Gasteiger partial charge in [0.05, 0.1) is 22.1 Å². The number of allylic oxidation sites excluding steroid dienone is 4. The summed E-state index contributed by atoms with van der Waals surface area (Å²) in [6.45, 7) is 15.6. The molecule has 0 spiro atoms. The highest BCUT2D eigenvalue weighted by molar-refractivity contribution is 6.24. The molecule has 0 saturated heterocycles. The maximum Gasteiger partial charge on any atom is 0.193 e. The summed E-state index contributed by atoms with van der Waals surface area (Å²) >= 11 is 0. The summed E-state index contributed by atoms with van der Waals surface area (Å²) in [6.07, 6.45) is 1.84. The lowest BCUT2D eigenvalue weighted by Crippen LogP contribution is -2.57. The Bertz CT molecular complexity index is 1750. The van der Waals surface area contributed by atoms with Gasteiger partial charge < -0.3 is 9.52 Å². The van der Waals surface area contributed by atoms with E-state index in [1.54, 1.807) is 0 Å². The van der Waals surface area contributed by atoms with Crippen molar-refractivity contribution in [3.05, 3.63) is 75.4 Å². The minimum Gasteiger partial charge on any atom is -0.506 e. The van der Waals surface area contributed by atoms with E-state index in [4.69, 9.17) is 4.42 Å². The van der Waals surface area contributed by atoms with Crippen molar-refractivity contribution in [3.63, 3.8) is 0 Å². The standard InChI is InChI=1S/C36H38O5/c1-18(2)23-14-24(27-13-22-11-9-10-12-26(22)41-27)31(38)29-25(23)16-34(6)17-35(7)15-19(3)28(21(5)37)33(40)36(35,8)20(4)30(34)32(29)39/h9-14,18,38H,15-17H2,1-8H3/t34-,35+,36?/m1/s1. The minimum absolute atomic E-state index is 0.0792. The van der Waals surface area contributed by atoms with E-state index in [2.05, 4.69) is 27.7 Å². The highest BCUT2D eigenvalue weighted by Crippen LogP contribution is 2.66. The van der Waals surface area contributed by atoms with Gasteiger partial charge in [-0.05, 0) is 87.6 Å². The molecule has 3 atom stereocenters. The quantitative estimate of drug-likeness (QED) is 0.332. The number of fused-ring (bicyclic) bond motifs is 4. The second-order valence-electron chi connectivity index (χ2n) is 13.7. The van der Waals surface area contributed by atoms with Gasteiger partial charge in [-0.2, -0.15) is 0 Å². The van der Waals surface area contributed by atoms with Crippen LogP contribution in [0.4, 0.5) is 0 Å². The Morgan fingerprint density at radius 2 is 1.71 bits per heavy atom. The van der Waals surface area contributed by atoms with Crippen LogP contribution in [0.2, 0.25) is 0 Å². The predicted molar refractivity (Wildman–Crippen MR) is 160 cm³/mol. The van der Waals surface area contributed by atoms with Gasteiger partial charge in [-0.25, -0.2) is 0 Å². The summed E-state index contributed by atoms with van der Waals surface area (Å²) in [6, 6.07) is 11.6. The molecule has 212 valence electrons. The number of hydrogen-bond donors (Lipinski definition) is 1. The molecule has 1 N–H and O–H groups in total. The minimum atomic E-state index is -0.998. The molecular formula is C36H38O5. The van der Waals surface area contributed by atoms with Gasteiger partial charge in [0.2, 0.25) is 0 Å². The molecule has 1 heterocycles. The maximum absolute atomic E-state index is 14.7. The first kappa shape index (κ1) is 27.4. The lowest BCUT2D eigenvalue weighted by atomic mass is 9.42. The second kappa shape index (κ2) is 8.64. The van der Waals surface area contributed by atoms with E-state index in [0.29, 0.717) is 47.3 Å². The fraction of sp³-hybridized carbons (Fsp3) is 0.417. The van der Waals surface area contributed by atoms with Gasteiger partial charge in [0.15, 0.2) is 17.3 Å². The fourth-order valence-corrected chi connectivity index (χ4v) is 8.64. The topological polar surface area (TPSA) is 84.6 Å². The van der Waals surface area contributed by atoms with Crippen LogP contribution in [0, 0.1) is 16.2 Å². The van der Waals surface area contributed by atoms with Gasteiger partial charge in [-0.15, -0.1) is 0 Å². The zero-order valence-electron chi connectivity index (χ0n) is 25.2. The van der Waals surface area contributed by atoms with Crippen LogP contribution >= 0.6 is 0 Å². The van der Waals surface area contributed by atoms with E-state index >= 15 is 0 Å². The van der Waals surface area contributed by atoms with Crippen LogP contribution in [-0.4, -0.2) is 22.5 Å². The Labute approximate surface area is 241 Å².